The van der Waals surface area contributed by atoms with Crippen molar-refractivity contribution in [3.63, 3.8) is 0 Å². The van der Waals surface area contributed by atoms with Crippen molar-refractivity contribution in [1.29, 1.82) is 0 Å². The van der Waals surface area contributed by atoms with E-state index in [1.807, 2.05) is 30.3 Å². The molecule has 1 aromatic heterocycles. The number of rotatable bonds is 5. The Labute approximate surface area is 212 Å². The van der Waals surface area contributed by atoms with Crippen molar-refractivity contribution in [3.8, 4) is 0 Å². The zero-order chi connectivity index (χ0) is 25.1. The van der Waals surface area contributed by atoms with Gasteiger partial charge in [0.1, 0.15) is 5.69 Å². The standard InChI is InChI=1S/C26H22Cl2N4O3/c1-15-20(28)9-6-10-21(15)30-24(33)23-14-18-13-19(27)11-12-22(18)32(23)31-26(35)25(34)29-16(2)17-7-4-3-5-8-17/h3-14,16H,1-2H3,(H,29,34)(H,30,33)(H,31,35)/t16-/m0/s1. The van der Waals surface area contributed by atoms with Gasteiger partial charge in [0.25, 0.3) is 5.91 Å². The first kappa shape index (κ1) is 24.3. The molecule has 178 valence electrons. The number of halogens is 2. The minimum absolute atomic E-state index is 0.110. The lowest BCUT2D eigenvalue weighted by atomic mass is 10.1. The Kier molecular flexibility index (Phi) is 7.10. The van der Waals surface area contributed by atoms with Gasteiger partial charge in [-0.1, -0.05) is 59.6 Å². The average molecular weight is 509 g/mol. The van der Waals surface area contributed by atoms with Crippen molar-refractivity contribution in [2.45, 2.75) is 19.9 Å². The minimum Gasteiger partial charge on any atom is -0.341 e. The summed E-state index contributed by atoms with van der Waals surface area (Å²) in [4.78, 5) is 38.6. The maximum Gasteiger partial charge on any atom is 0.328 e. The number of amides is 3. The molecule has 35 heavy (non-hydrogen) atoms. The predicted molar refractivity (Wildman–Crippen MR) is 138 cm³/mol. The highest BCUT2D eigenvalue weighted by atomic mass is 35.5. The molecule has 0 aliphatic heterocycles. The van der Waals surface area contributed by atoms with Gasteiger partial charge in [-0.3, -0.25) is 19.8 Å². The summed E-state index contributed by atoms with van der Waals surface area (Å²) in [7, 11) is 0. The fourth-order valence-corrected chi connectivity index (χ4v) is 4.00. The summed E-state index contributed by atoms with van der Waals surface area (Å²) in [5.41, 5.74) is 5.23. The van der Waals surface area contributed by atoms with Crippen molar-refractivity contribution in [2.75, 3.05) is 10.7 Å². The molecule has 1 atom stereocenters. The summed E-state index contributed by atoms with van der Waals surface area (Å²) in [6.45, 7) is 3.56. The maximum absolute atomic E-state index is 13.2. The lowest BCUT2D eigenvalue weighted by Gasteiger charge is -2.16. The summed E-state index contributed by atoms with van der Waals surface area (Å²) in [5, 5.41) is 7.07. The fraction of sp³-hybridized carbons (Fsp3) is 0.115. The SMILES string of the molecule is Cc1c(Cl)cccc1NC(=O)c1cc2cc(Cl)ccc2n1NC(=O)C(=O)N[C@@H](C)c1ccccc1. The molecule has 9 heteroatoms. The molecule has 4 rings (SSSR count). The zero-order valence-corrected chi connectivity index (χ0v) is 20.4. The van der Waals surface area contributed by atoms with Crippen molar-refractivity contribution in [3.05, 3.63) is 99.7 Å². The van der Waals surface area contributed by atoms with Crippen molar-refractivity contribution < 1.29 is 14.4 Å². The van der Waals surface area contributed by atoms with E-state index in [4.69, 9.17) is 23.2 Å². The topological polar surface area (TPSA) is 92.2 Å². The number of fused-ring (bicyclic) bond motifs is 1. The molecule has 0 saturated carbocycles. The Morgan fingerprint density at radius 1 is 0.886 bits per heavy atom. The van der Waals surface area contributed by atoms with Gasteiger partial charge in [0.2, 0.25) is 0 Å². The highest BCUT2D eigenvalue weighted by molar-refractivity contribution is 6.38. The van der Waals surface area contributed by atoms with Crippen LogP contribution < -0.4 is 16.1 Å². The third-order valence-electron chi connectivity index (χ3n) is 5.58. The lowest BCUT2D eigenvalue weighted by Crippen LogP contribution is -2.40. The van der Waals surface area contributed by atoms with E-state index in [0.717, 1.165) is 5.56 Å². The first-order valence-electron chi connectivity index (χ1n) is 10.8. The molecule has 4 aromatic rings. The van der Waals surface area contributed by atoms with Gasteiger partial charge in [-0.2, -0.15) is 0 Å². The van der Waals surface area contributed by atoms with E-state index >= 15 is 0 Å². The van der Waals surface area contributed by atoms with Crippen LogP contribution in [-0.4, -0.2) is 22.4 Å². The fourth-order valence-electron chi connectivity index (χ4n) is 3.64. The molecule has 0 fully saturated rings. The van der Waals surface area contributed by atoms with E-state index in [2.05, 4.69) is 16.1 Å². The molecule has 3 N–H and O–H groups in total. The number of nitrogens with zero attached hydrogens (tertiary/aromatic N) is 1. The number of aromatic nitrogens is 1. The van der Waals surface area contributed by atoms with E-state index in [0.29, 0.717) is 32.2 Å². The molecule has 1 heterocycles. The minimum atomic E-state index is -0.923. The number of carbonyl (C=O) groups excluding carboxylic acids is 3. The summed E-state index contributed by atoms with van der Waals surface area (Å²) < 4.78 is 1.27. The monoisotopic (exact) mass is 508 g/mol. The van der Waals surface area contributed by atoms with E-state index in [9.17, 15) is 14.4 Å². The Hall–Kier alpha value is -3.81. The van der Waals surface area contributed by atoms with Gasteiger partial charge < -0.3 is 10.6 Å². The number of carbonyl (C=O) groups is 3. The van der Waals surface area contributed by atoms with Gasteiger partial charge in [0.15, 0.2) is 0 Å². The van der Waals surface area contributed by atoms with E-state index in [-0.39, 0.29) is 11.7 Å². The number of hydrogen-bond acceptors (Lipinski definition) is 3. The van der Waals surface area contributed by atoms with Gasteiger partial charge in [0.05, 0.1) is 11.6 Å². The average Bonchev–Trinajstić information content (AvgIpc) is 3.19. The van der Waals surface area contributed by atoms with Gasteiger partial charge >= 0.3 is 11.8 Å². The highest BCUT2D eigenvalue weighted by Gasteiger charge is 2.22. The van der Waals surface area contributed by atoms with Crippen LogP contribution in [0.2, 0.25) is 10.0 Å². The predicted octanol–water partition coefficient (Wildman–Crippen LogP) is 5.46. The van der Waals surface area contributed by atoms with Gasteiger partial charge in [-0.05, 0) is 61.4 Å². The van der Waals surface area contributed by atoms with E-state index in [1.54, 1.807) is 56.3 Å². The summed E-state index contributed by atoms with van der Waals surface area (Å²) >= 11 is 12.3. The molecular weight excluding hydrogens is 487 g/mol. The van der Waals surface area contributed by atoms with Crippen molar-refractivity contribution >= 4 is 57.5 Å². The number of anilines is 1. The highest BCUT2D eigenvalue weighted by Crippen LogP contribution is 2.26. The number of hydrogen-bond donors (Lipinski definition) is 3. The van der Waals surface area contributed by atoms with Crippen LogP contribution in [0.5, 0.6) is 0 Å². The molecule has 0 spiro atoms. The molecule has 0 radical (unpaired) electrons. The third-order valence-corrected chi connectivity index (χ3v) is 6.22. The van der Waals surface area contributed by atoms with Crippen molar-refractivity contribution in [1.82, 2.24) is 9.99 Å². The second-order valence-corrected chi connectivity index (χ2v) is 8.83. The maximum atomic E-state index is 13.2. The molecule has 0 bridgehead atoms. The summed E-state index contributed by atoms with van der Waals surface area (Å²) in [6, 6.07) is 20.6. The largest absolute Gasteiger partial charge is 0.341 e. The first-order chi connectivity index (χ1) is 16.7. The third kappa shape index (κ3) is 5.31. The first-order valence-corrected chi connectivity index (χ1v) is 11.5. The molecular formula is C26H22Cl2N4O3. The zero-order valence-electron chi connectivity index (χ0n) is 18.9. The van der Waals surface area contributed by atoms with Crippen LogP contribution >= 0.6 is 23.2 Å². The Morgan fingerprint density at radius 3 is 2.37 bits per heavy atom. The molecule has 0 saturated heterocycles. The van der Waals surface area contributed by atoms with E-state index in [1.165, 1.54) is 4.68 Å². The second kappa shape index (κ2) is 10.2. The van der Waals surface area contributed by atoms with Crippen LogP contribution in [-0.2, 0) is 9.59 Å². The van der Waals surface area contributed by atoms with E-state index < -0.39 is 17.7 Å². The second-order valence-electron chi connectivity index (χ2n) is 7.98. The Morgan fingerprint density at radius 2 is 1.63 bits per heavy atom. The van der Waals surface area contributed by atoms with Gasteiger partial charge in [0, 0.05) is 21.1 Å². The molecule has 0 aliphatic carbocycles. The smallest absolute Gasteiger partial charge is 0.328 e. The van der Waals surface area contributed by atoms with Crippen LogP contribution in [0.4, 0.5) is 5.69 Å². The molecule has 3 aromatic carbocycles. The summed E-state index contributed by atoms with van der Waals surface area (Å²) in [5.74, 6) is -2.26. The molecule has 0 aliphatic rings. The summed E-state index contributed by atoms with van der Waals surface area (Å²) in [6.07, 6.45) is 0. The van der Waals surface area contributed by atoms with Gasteiger partial charge in [-0.15, -0.1) is 0 Å². The van der Waals surface area contributed by atoms with Crippen molar-refractivity contribution in [2.24, 2.45) is 0 Å². The molecule has 7 nitrogen and oxygen atoms in total. The quantitative estimate of drug-likeness (QED) is 0.312. The normalized spacial score (nSPS) is 11.7. The molecule has 0 unspecified atom stereocenters. The number of nitrogens with one attached hydrogen (secondary N) is 3. The van der Waals surface area contributed by atoms with Crippen LogP contribution in [0, 0.1) is 6.92 Å². The lowest BCUT2D eigenvalue weighted by molar-refractivity contribution is -0.137. The van der Waals surface area contributed by atoms with Crippen LogP contribution in [0.3, 0.4) is 0 Å². The Bertz CT molecular complexity index is 1430. The van der Waals surface area contributed by atoms with Gasteiger partial charge in [-0.25, -0.2) is 4.68 Å². The van der Waals surface area contributed by atoms with Crippen LogP contribution in [0.1, 0.15) is 34.6 Å². The Balaban J connectivity index is 1.61. The number of benzene rings is 3. The molecule has 3 amide bonds. The van der Waals surface area contributed by atoms with Crippen LogP contribution in [0.25, 0.3) is 10.9 Å². The van der Waals surface area contributed by atoms with Crippen LogP contribution in [0.15, 0.2) is 72.8 Å².